The SMILES string of the molecule is CCOc1cc(C=C(C#N)C(=O)c2cccc([N+](=O)[O-])c2)cc(I)c1O. The van der Waals surface area contributed by atoms with Gasteiger partial charge >= 0.3 is 0 Å². The van der Waals surface area contributed by atoms with Crippen LogP contribution in [0.15, 0.2) is 42.0 Å². The molecule has 8 heteroatoms. The van der Waals surface area contributed by atoms with Crippen LogP contribution in [0.4, 0.5) is 5.69 Å². The van der Waals surface area contributed by atoms with E-state index in [1.165, 1.54) is 30.3 Å². The molecule has 0 bridgehead atoms. The molecule has 0 fully saturated rings. The van der Waals surface area contributed by atoms with E-state index in [-0.39, 0.29) is 28.3 Å². The molecule has 0 saturated carbocycles. The first kappa shape index (κ1) is 19.4. The van der Waals surface area contributed by atoms with Crippen LogP contribution >= 0.6 is 22.6 Å². The number of carbonyl (C=O) groups is 1. The summed E-state index contributed by atoms with van der Waals surface area (Å²) < 4.78 is 5.83. The van der Waals surface area contributed by atoms with Crippen LogP contribution in [0.25, 0.3) is 6.08 Å². The summed E-state index contributed by atoms with van der Waals surface area (Å²) in [6.07, 6.45) is 1.35. The van der Waals surface area contributed by atoms with Crippen molar-refractivity contribution in [3.63, 3.8) is 0 Å². The minimum Gasteiger partial charge on any atom is -0.504 e. The number of phenolic OH excluding ortho intramolecular Hbond substituents is 1. The Morgan fingerprint density at radius 2 is 2.15 bits per heavy atom. The molecule has 0 radical (unpaired) electrons. The summed E-state index contributed by atoms with van der Waals surface area (Å²) in [6.45, 7) is 2.11. The molecule has 0 amide bonds. The predicted molar refractivity (Wildman–Crippen MR) is 103 cm³/mol. The van der Waals surface area contributed by atoms with E-state index in [2.05, 4.69) is 0 Å². The number of hydrogen-bond acceptors (Lipinski definition) is 6. The number of aromatic hydroxyl groups is 1. The summed E-state index contributed by atoms with van der Waals surface area (Å²) in [5, 5.41) is 30.2. The first-order chi connectivity index (χ1) is 12.4. The first-order valence-electron chi connectivity index (χ1n) is 7.43. The Labute approximate surface area is 162 Å². The van der Waals surface area contributed by atoms with Crippen LogP contribution < -0.4 is 4.74 Å². The van der Waals surface area contributed by atoms with Crippen LogP contribution in [0.3, 0.4) is 0 Å². The number of carbonyl (C=O) groups excluding carboxylic acids is 1. The average Bonchev–Trinajstić information content (AvgIpc) is 2.63. The highest BCUT2D eigenvalue weighted by atomic mass is 127. The zero-order valence-electron chi connectivity index (χ0n) is 13.6. The Morgan fingerprint density at radius 3 is 2.77 bits per heavy atom. The summed E-state index contributed by atoms with van der Waals surface area (Å²) in [5.41, 5.74) is 0.122. The lowest BCUT2D eigenvalue weighted by atomic mass is 10.0. The summed E-state index contributed by atoms with van der Waals surface area (Å²) in [6, 6.07) is 10.1. The first-order valence-corrected chi connectivity index (χ1v) is 8.51. The van der Waals surface area contributed by atoms with E-state index in [0.29, 0.717) is 15.7 Å². The molecule has 0 atom stereocenters. The molecule has 2 aromatic rings. The number of rotatable bonds is 6. The van der Waals surface area contributed by atoms with Gasteiger partial charge in [-0.2, -0.15) is 5.26 Å². The minimum atomic E-state index is -0.628. The summed E-state index contributed by atoms with van der Waals surface area (Å²) in [7, 11) is 0. The average molecular weight is 464 g/mol. The molecule has 0 saturated heterocycles. The number of ether oxygens (including phenoxy) is 1. The number of ketones is 1. The van der Waals surface area contributed by atoms with Crippen molar-refractivity contribution in [3.05, 3.63) is 66.8 Å². The number of phenols is 1. The predicted octanol–water partition coefficient (Wildman–Crippen LogP) is 4.09. The molecular formula is C18H13IN2O5. The van der Waals surface area contributed by atoms with Crippen molar-refractivity contribution in [2.24, 2.45) is 0 Å². The van der Waals surface area contributed by atoms with Gasteiger partial charge in [-0.05, 0) is 53.3 Å². The number of hydrogen-bond donors (Lipinski definition) is 1. The summed E-state index contributed by atoms with van der Waals surface area (Å²) in [5.74, 6) is -0.406. The summed E-state index contributed by atoms with van der Waals surface area (Å²) in [4.78, 5) is 22.8. The molecule has 7 nitrogen and oxygen atoms in total. The fourth-order valence-electron chi connectivity index (χ4n) is 2.17. The van der Waals surface area contributed by atoms with Crippen molar-refractivity contribution in [2.75, 3.05) is 6.61 Å². The Balaban J connectivity index is 2.45. The monoisotopic (exact) mass is 464 g/mol. The van der Waals surface area contributed by atoms with Gasteiger partial charge in [-0.1, -0.05) is 12.1 Å². The number of halogens is 1. The fourth-order valence-corrected chi connectivity index (χ4v) is 2.80. The smallest absolute Gasteiger partial charge is 0.270 e. The number of nitriles is 1. The largest absolute Gasteiger partial charge is 0.504 e. The number of nitro benzene ring substituents is 1. The zero-order chi connectivity index (χ0) is 19.3. The molecule has 0 spiro atoms. The van der Waals surface area contributed by atoms with E-state index in [1.807, 2.05) is 28.7 Å². The van der Waals surface area contributed by atoms with E-state index in [1.54, 1.807) is 13.0 Å². The molecule has 0 heterocycles. The minimum absolute atomic E-state index is 0.0203. The van der Waals surface area contributed by atoms with Gasteiger partial charge in [-0.25, -0.2) is 0 Å². The highest BCUT2D eigenvalue weighted by Gasteiger charge is 2.16. The van der Waals surface area contributed by atoms with E-state index in [9.17, 15) is 25.3 Å². The maximum atomic E-state index is 12.5. The third-order valence-corrected chi connectivity index (χ3v) is 4.17. The van der Waals surface area contributed by atoms with Gasteiger partial charge in [0.05, 0.1) is 15.1 Å². The van der Waals surface area contributed by atoms with Gasteiger partial charge in [-0.15, -0.1) is 0 Å². The molecule has 2 aromatic carbocycles. The number of Topliss-reactive ketones (excluding diaryl/α,β-unsaturated/α-hetero) is 1. The van der Waals surface area contributed by atoms with Crippen LogP contribution in [-0.4, -0.2) is 22.4 Å². The Morgan fingerprint density at radius 1 is 1.42 bits per heavy atom. The highest BCUT2D eigenvalue weighted by Crippen LogP contribution is 2.33. The summed E-state index contributed by atoms with van der Waals surface area (Å²) >= 11 is 1.91. The second-order valence-electron chi connectivity index (χ2n) is 5.09. The quantitative estimate of drug-likeness (QED) is 0.172. The molecule has 132 valence electrons. The molecule has 0 aliphatic rings. The molecule has 0 aromatic heterocycles. The second-order valence-corrected chi connectivity index (χ2v) is 6.25. The van der Waals surface area contributed by atoms with E-state index >= 15 is 0 Å². The van der Waals surface area contributed by atoms with Gasteiger partial charge in [0.1, 0.15) is 11.6 Å². The number of nitro groups is 1. The number of non-ortho nitro benzene ring substituents is 1. The lowest BCUT2D eigenvalue weighted by molar-refractivity contribution is -0.384. The maximum Gasteiger partial charge on any atom is 0.270 e. The molecule has 0 aliphatic heterocycles. The van der Waals surface area contributed by atoms with Crippen LogP contribution in [-0.2, 0) is 0 Å². The van der Waals surface area contributed by atoms with Crippen molar-refractivity contribution < 1.29 is 19.6 Å². The fraction of sp³-hybridized carbons (Fsp3) is 0.111. The Bertz CT molecular complexity index is 947. The lowest BCUT2D eigenvalue weighted by Gasteiger charge is -2.09. The van der Waals surface area contributed by atoms with Crippen molar-refractivity contribution in [1.82, 2.24) is 0 Å². The molecule has 0 unspecified atom stereocenters. The van der Waals surface area contributed by atoms with Crippen LogP contribution in [0, 0.1) is 25.0 Å². The second kappa shape index (κ2) is 8.44. The van der Waals surface area contributed by atoms with Crippen LogP contribution in [0.2, 0.25) is 0 Å². The third kappa shape index (κ3) is 4.37. The molecule has 26 heavy (non-hydrogen) atoms. The maximum absolute atomic E-state index is 12.5. The van der Waals surface area contributed by atoms with Crippen molar-refractivity contribution >= 4 is 40.1 Å². The van der Waals surface area contributed by atoms with Gasteiger partial charge < -0.3 is 9.84 Å². The number of benzene rings is 2. The van der Waals surface area contributed by atoms with Gasteiger partial charge in [-0.3, -0.25) is 14.9 Å². The molecule has 1 N–H and O–H groups in total. The van der Waals surface area contributed by atoms with Gasteiger partial charge in [0.15, 0.2) is 11.5 Å². The standard InChI is InChI=1S/C18H13IN2O5/c1-2-26-16-8-11(7-15(19)18(16)23)6-13(10-20)17(22)12-4-3-5-14(9-12)21(24)25/h3-9,23H,2H2,1H3. The van der Waals surface area contributed by atoms with Crippen LogP contribution in [0.5, 0.6) is 11.5 Å². The molecule has 2 rings (SSSR count). The Hall–Kier alpha value is -2.93. The van der Waals surface area contributed by atoms with Crippen LogP contribution in [0.1, 0.15) is 22.8 Å². The van der Waals surface area contributed by atoms with Gasteiger partial charge in [0.2, 0.25) is 5.78 Å². The Kier molecular flexibility index (Phi) is 6.30. The van der Waals surface area contributed by atoms with E-state index < -0.39 is 10.7 Å². The van der Waals surface area contributed by atoms with Gasteiger partial charge in [0.25, 0.3) is 5.69 Å². The molecule has 0 aliphatic carbocycles. The molecular weight excluding hydrogens is 451 g/mol. The highest BCUT2D eigenvalue weighted by molar-refractivity contribution is 14.1. The topological polar surface area (TPSA) is 113 Å². The normalized spacial score (nSPS) is 10.9. The van der Waals surface area contributed by atoms with Gasteiger partial charge in [0, 0.05) is 17.7 Å². The number of allylic oxidation sites excluding steroid dienone is 1. The third-order valence-electron chi connectivity index (χ3n) is 3.35. The lowest BCUT2D eigenvalue weighted by Crippen LogP contribution is -2.03. The van der Waals surface area contributed by atoms with E-state index in [0.717, 1.165) is 6.07 Å². The number of nitrogens with zero attached hydrogens (tertiary/aromatic N) is 2. The zero-order valence-corrected chi connectivity index (χ0v) is 15.8. The van der Waals surface area contributed by atoms with E-state index in [4.69, 9.17) is 4.74 Å². The van der Waals surface area contributed by atoms with Crippen molar-refractivity contribution in [3.8, 4) is 17.6 Å². The van der Waals surface area contributed by atoms with Crippen molar-refractivity contribution in [1.29, 1.82) is 5.26 Å². The van der Waals surface area contributed by atoms with Crippen molar-refractivity contribution in [2.45, 2.75) is 6.92 Å².